The van der Waals surface area contributed by atoms with Crippen LogP contribution in [0.25, 0.3) is 0 Å². The molecular weight excluding hydrogens is 186 g/mol. The maximum atomic E-state index is 5.77. The molecule has 0 aliphatic rings. The first-order valence-corrected chi connectivity index (χ1v) is 5.09. The second-order valence-electron chi connectivity index (χ2n) is 3.75. The van der Waals surface area contributed by atoms with E-state index < -0.39 is 0 Å². The van der Waals surface area contributed by atoms with Crippen LogP contribution in [0.3, 0.4) is 0 Å². The van der Waals surface area contributed by atoms with Crippen molar-refractivity contribution in [1.29, 1.82) is 0 Å². The summed E-state index contributed by atoms with van der Waals surface area (Å²) in [5.41, 5.74) is 7.08. The minimum Gasteiger partial charge on any atom is -0.384 e. The summed E-state index contributed by atoms with van der Waals surface area (Å²) in [5.74, 6) is 1.14. The Hall–Kier alpha value is -1.77. The fraction of sp³-hybridized carbons (Fsp3) is 0.250. The summed E-state index contributed by atoms with van der Waals surface area (Å²) in [5, 5.41) is 4.17. The van der Waals surface area contributed by atoms with Crippen molar-refractivity contribution in [2.24, 2.45) is 0 Å². The molecule has 0 saturated heterocycles. The largest absolute Gasteiger partial charge is 0.384 e. The zero-order chi connectivity index (χ0) is 10.7. The van der Waals surface area contributed by atoms with E-state index in [0.717, 1.165) is 12.4 Å². The van der Waals surface area contributed by atoms with Gasteiger partial charge >= 0.3 is 0 Å². The Labute approximate surface area is 89.5 Å². The molecule has 0 radical (unpaired) electrons. The molecular formula is C12H15N3. The van der Waals surface area contributed by atoms with Gasteiger partial charge in [-0.05, 0) is 11.6 Å². The van der Waals surface area contributed by atoms with Gasteiger partial charge in [-0.2, -0.15) is 5.10 Å². The van der Waals surface area contributed by atoms with Gasteiger partial charge in [0.05, 0.1) is 6.20 Å². The summed E-state index contributed by atoms with van der Waals surface area (Å²) in [6.45, 7) is 3.00. The van der Waals surface area contributed by atoms with Crippen LogP contribution in [0.4, 0.5) is 5.82 Å². The molecule has 0 aliphatic heterocycles. The van der Waals surface area contributed by atoms with E-state index in [1.165, 1.54) is 5.56 Å². The van der Waals surface area contributed by atoms with Crippen LogP contribution in [0.15, 0.2) is 42.6 Å². The van der Waals surface area contributed by atoms with Crippen LogP contribution in [0.5, 0.6) is 0 Å². The molecule has 3 heteroatoms. The van der Waals surface area contributed by atoms with Gasteiger partial charge < -0.3 is 5.73 Å². The lowest BCUT2D eigenvalue weighted by molar-refractivity contribution is 0.550. The lowest BCUT2D eigenvalue weighted by Crippen LogP contribution is -2.10. The van der Waals surface area contributed by atoms with Crippen LogP contribution < -0.4 is 5.73 Å². The van der Waals surface area contributed by atoms with Gasteiger partial charge in [0.25, 0.3) is 0 Å². The summed E-state index contributed by atoms with van der Waals surface area (Å²) in [4.78, 5) is 0. The Morgan fingerprint density at radius 1 is 1.27 bits per heavy atom. The van der Waals surface area contributed by atoms with E-state index in [4.69, 9.17) is 5.73 Å². The Kier molecular flexibility index (Phi) is 2.72. The highest BCUT2D eigenvalue weighted by Crippen LogP contribution is 2.17. The summed E-state index contributed by atoms with van der Waals surface area (Å²) in [7, 11) is 0. The molecule has 1 atom stereocenters. The quantitative estimate of drug-likeness (QED) is 0.827. The van der Waals surface area contributed by atoms with Gasteiger partial charge in [0, 0.05) is 12.5 Å². The van der Waals surface area contributed by atoms with E-state index in [0.29, 0.717) is 5.92 Å². The molecule has 3 nitrogen and oxygen atoms in total. The Morgan fingerprint density at radius 2 is 2.00 bits per heavy atom. The van der Waals surface area contributed by atoms with Gasteiger partial charge in [0.2, 0.25) is 0 Å². The molecule has 1 heterocycles. The van der Waals surface area contributed by atoms with E-state index >= 15 is 0 Å². The molecule has 0 unspecified atom stereocenters. The van der Waals surface area contributed by atoms with Crippen molar-refractivity contribution < 1.29 is 0 Å². The summed E-state index contributed by atoms with van der Waals surface area (Å²) in [6, 6.07) is 12.2. The van der Waals surface area contributed by atoms with Crippen molar-refractivity contribution in [1.82, 2.24) is 9.78 Å². The maximum Gasteiger partial charge on any atom is 0.121 e. The molecule has 2 aromatic rings. The Morgan fingerprint density at radius 3 is 2.60 bits per heavy atom. The molecule has 0 bridgehead atoms. The molecule has 15 heavy (non-hydrogen) atoms. The molecule has 0 spiro atoms. The lowest BCUT2D eigenvalue weighted by Gasteiger charge is -2.12. The second-order valence-corrected chi connectivity index (χ2v) is 3.75. The first kappa shape index (κ1) is 9.77. The fourth-order valence-electron chi connectivity index (χ4n) is 1.64. The fourth-order valence-corrected chi connectivity index (χ4v) is 1.64. The molecule has 1 aromatic heterocycles. The number of nitrogens with two attached hydrogens (primary N) is 1. The maximum absolute atomic E-state index is 5.77. The smallest absolute Gasteiger partial charge is 0.121 e. The molecule has 0 saturated carbocycles. The number of nitrogen functional groups attached to an aromatic ring is 1. The topological polar surface area (TPSA) is 43.8 Å². The van der Waals surface area contributed by atoms with Gasteiger partial charge in [-0.15, -0.1) is 0 Å². The SMILES string of the molecule is C[C@H](Cn1nccc1N)c1ccccc1. The van der Waals surface area contributed by atoms with Crippen LogP contribution in [0.2, 0.25) is 0 Å². The monoisotopic (exact) mass is 201 g/mol. The standard InChI is InChI=1S/C12H15N3/c1-10(11-5-3-2-4-6-11)9-15-12(13)7-8-14-15/h2-8,10H,9,13H2,1H3/t10-/m1/s1. The van der Waals surface area contributed by atoms with Crippen LogP contribution in [0, 0.1) is 0 Å². The zero-order valence-corrected chi connectivity index (χ0v) is 8.80. The highest BCUT2D eigenvalue weighted by atomic mass is 15.3. The van der Waals surface area contributed by atoms with E-state index in [9.17, 15) is 0 Å². The van der Waals surface area contributed by atoms with Crippen molar-refractivity contribution in [2.75, 3.05) is 5.73 Å². The number of hydrogen-bond donors (Lipinski definition) is 1. The summed E-state index contributed by atoms with van der Waals surface area (Å²) in [6.07, 6.45) is 1.73. The number of nitrogens with zero attached hydrogens (tertiary/aromatic N) is 2. The van der Waals surface area contributed by atoms with Gasteiger partial charge in [-0.3, -0.25) is 0 Å². The first-order chi connectivity index (χ1) is 7.27. The van der Waals surface area contributed by atoms with E-state index in [1.54, 1.807) is 6.20 Å². The van der Waals surface area contributed by atoms with Gasteiger partial charge in [-0.1, -0.05) is 37.3 Å². The summed E-state index contributed by atoms with van der Waals surface area (Å²) >= 11 is 0. The lowest BCUT2D eigenvalue weighted by atomic mass is 10.0. The van der Waals surface area contributed by atoms with Gasteiger partial charge in [0.15, 0.2) is 0 Å². The third-order valence-corrected chi connectivity index (χ3v) is 2.56. The van der Waals surface area contributed by atoms with Crippen LogP contribution in [-0.2, 0) is 6.54 Å². The molecule has 0 amide bonds. The van der Waals surface area contributed by atoms with Gasteiger partial charge in [-0.25, -0.2) is 4.68 Å². The number of aromatic nitrogens is 2. The number of rotatable bonds is 3. The average Bonchev–Trinajstić information content (AvgIpc) is 2.66. The van der Waals surface area contributed by atoms with Crippen LogP contribution in [-0.4, -0.2) is 9.78 Å². The molecule has 0 aliphatic carbocycles. The Balaban J connectivity index is 2.11. The van der Waals surface area contributed by atoms with Crippen LogP contribution >= 0.6 is 0 Å². The second kappa shape index (κ2) is 4.17. The highest BCUT2D eigenvalue weighted by Gasteiger charge is 2.07. The zero-order valence-electron chi connectivity index (χ0n) is 8.80. The predicted octanol–water partition coefficient (Wildman–Crippen LogP) is 2.27. The van der Waals surface area contributed by atoms with E-state index in [-0.39, 0.29) is 0 Å². The summed E-state index contributed by atoms with van der Waals surface area (Å²) < 4.78 is 1.83. The molecule has 0 fully saturated rings. The number of hydrogen-bond acceptors (Lipinski definition) is 2. The van der Waals surface area contributed by atoms with Crippen molar-refractivity contribution in [3.05, 3.63) is 48.2 Å². The van der Waals surface area contributed by atoms with Crippen molar-refractivity contribution >= 4 is 5.82 Å². The normalized spacial score (nSPS) is 12.6. The highest BCUT2D eigenvalue weighted by molar-refractivity contribution is 5.27. The Bertz CT molecular complexity index is 419. The van der Waals surface area contributed by atoms with Crippen LogP contribution in [0.1, 0.15) is 18.4 Å². The van der Waals surface area contributed by atoms with Gasteiger partial charge in [0.1, 0.15) is 5.82 Å². The third-order valence-electron chi connectivity index (χ3n) is 2.56. The molecule has 1 aromatic carbocycles. The molecule has 78 valence electrons. The molecule has 2 N–H and O–H groups in total. The molecule has 2 rings (SSSR count). The first-order valence-electron chi connectivity index (χ1n) is 5.09. The number of anilines is 1. The van der Waals surface area contributed by atoms with E-state index in [2.05, 4.69) is 36.3 Å². The minimum absolute atomic E-state index is 0.424. The van der Waals surface area contributed by atoms with Crippen molar-refractivity contribution in [3.8, 4) is 0 Å². The predicted molar refractivity (Wildman–Crippen MR) is 61.5 cm³/mol. The van der Waals surface area contributed by atoms with Crippen molar-refractivity contribution in [2.45, 2.75) is 19.4 Å². The average molecular weight is 201 g/mol. The number of benzene rings is 1. The minimum atomic E-state index is 0.424. The van der Waals surface area contributed by atoms with Crippen molar-refractivity contribution in [3.63, 3.8) is 0 Å². The third kappa shape index (κ3) is 2.18. The van der Waals surface area contributed by atoms with E-state index in [1.807, 2.05) is 16.8 Å².